The van der Waals surface area contributed by atoms with Gasteiger partial charge in [-0.25, -0.2) is 4.98 Å². The number of aromatic amines is 1. The van der Waals surface area contributed by atoms with Crippen LogP contribution in [0, 0.1) is 10.1 Å². The summed E-state index contributed by atoms with van der Waals surface area (Å²) in [6.07, 6.45) is 1.19. The summed E-state index contributed by atoms with van der Waals surface area (Å²) in [6.45, 7) is 0. The number of aryl methyl sites for hydroxylation is 1. The number of imidazole rings is 1. The monoisotopic (exact) mass is 362 g/mol. The first-order valence-corrected chi connectivity index (χ1v) is 8.06. The van der Waals surface area contributed by atoms with E-state index in [0.717, 1.165) is 16.6 Å². The van der Waals surface area contributed by atoms with E-state index in [-0.39, 0.29) is 11.4 Å². The lowest BCUT2D eigenvalue weighted by Gasteiger charge is -2.05. The molecule has 2 N–H and O–H groups in total. The molecule has 4 aromatic rings. The molecule has 27 heavy (non-hydrogen) atoms. The molecule has 0 bridgehead atoms. The average Bonchev–Trinajstić information content (AvgIpc) is 3.25. The van der Waals surface area contributed by atoms with Crippen LogP contribution in [-0.2, 0) is 7.05 Å². The number of benzene rings is 2. The lowest BCUT2D eigenvalue weighted by atomic mass is 10.2. The second-order valence-corrected chi connectivity index (χ2v) is 5.93. The van der Waals surface area contributed by atoms with Gasteiger partial charge in [-0.15, -0.1) is 0 Å². The standard InChI is InChI=1S/C18H14N6O3/c1-23-10-15(24(26)27)16(22-23)18(25)19-12-6-4-5-11(9-12)17-20-13-7-2-3-8-14(13)21-17/h2-10H,1H3,(H,19,25)(H,20,21). The van der Waals surface area contributed by atoms with E-state index in [1.54, 1.807) is 18.2 Å². The van der Waals surface area contributed by atoms with Gasteiger partial charge in [0, 0.05) is 18.3 Å². The number of aromatic nitrogens is 4. The number of H-pyrrole nitrogens is 1. The predicted octanol–water partition coefficient (Wildman–Crippen LogP) is 3.12. The number of nitrogens with one attached hydrogen (secondary N) is 2. The number of anilines is 1. The number of carbonyl (C=O) groups is 1. The second kappa shape index (κ2) is 6.37. The van der Waals surface area contributed by atoms with Gasteiger partial charge < -0.3 is 10.3 Å². The molecule has 0 saturated carbocycles. The third kappa shape index (κ3) is 3.13. The van der Waals surface area contributed by atoms with E-state index in [1.165, 1.54) is 17.9 Å². The van der Waals surface area contributed by atoms with Gasteiger partial charge in [-0.3, -0.25) is 19.6 Å². The summed E-state index contributed by atoms with van der Waals surface area (Å²) in [7, 11) is 1.52. The fourth-order valence-corrected chi connectivity index (χ4v) is 2.80. The summed E-state index contributed by atoms with van der Waals surface area (Å²) >= 11 is 0. The Morgan fingerprint density at radius 1 is 1.22 bits per heavy atom. The van der Waals surface area contributed by atoms with Gasteiger partial charge in [-0.1, -0.05) is 24.3 Å². The van der Waals surface area contributed by atoms with Crippen LogP contribution in [0.3, 0.4) is 0 Å². The third-order valence-corrected chi connectivity index (χ3v) is 4.00. The van der Waals surface area contributed by atoms with Crippen LogP contribution in [0.4, 0.5) is 11.4 Å². The van der Waals surface area contributed by atoms with Crippen molar-refractivity contribution in [2.75, 3.05) is 5.32 Å². The smallest absolute Gasteiger partial charge is 0.320 e. The fraction of sp³-hybridized carbons (Fsp3) is 0.0556. The number of nitro groups is 1. The van der Waals surface area contributed by atoms with Crippen molar-refractivity contribution in [3.05, 3.63) is 70.5 Å². The molecular weight excluding hydrogens is 348 g/mol. The Morgan fingerprint density at radius 2 is 2.04 bits per heavy atom. The Kier molecular flexibility index (Phi) is 3.88. The molecule has 2 heterocycles. The normalized spacial score (nSPS) is 10.9. The zero-order valence-electron chi connectivity index (χ0n) is 14.2. The van der Waals surface area contributed by atoms with Crippen LogP contribution in [0.25, 0.3) is 22.4 Å². The number of carbonyl (C=O) groups excluding carboxylic acids is 1. The highest BCUT2D eigenvalue weighted by molar-refractivity contribution is 6.05. The summed E-state index contributed by atoms with van der Waals surface area (Å²) in [4.78, 5) is 30.6. The minimum absolute atomic E-state index is 0.239. The van der Waals surface area contributed by atoms with Gasteiger partial charge in [-0.2, -0.15) is 5.10 Å². The highest BCUT2D eigenvalue weighted by Gasteiger charge is 2.25. The first kappa shape index (κ1) is 16.5. The van der Waals surface area contributed by atoms with Gasteiger partial charge in [0.25, 0.3) is 5.91 Å². The van der Waals surface area contributed by atoms with Crippen LogP contribution < -0.4 is 5.32 Å². The summed E-state index contributed by atoms with van der Waals surface area (Å²) in [5, 5.41) is 17.6. The molecule has 9 heteroatoms. The van der Waals surface area contributed by atoms with E-state index in [9.17, 15) is 14.9 Å². The van der Waals surface area contributed by atoms with Crippen molar-refractivity contribution < 1.29 is 9.72 Å². The molecule has 0 fully saturated rings. The van der Waals surface area contributed by atoms with Crippen LogP contribution in [-0.4, -0.2) is 30.6 Å². The Morgan fingerprint density at radius 3 is 2.81 bits per heavy atom. The van der Waals surface area contributed by atoms with Crippen molar-refractivity contribution in [2.24, 2.45) is 7.05 Å². The van der Waals surface area contributed by atoms with Crippen LogP contribution in [0.15, 0.2) is 54.7 Å². The Hall–Kier alpha value is -4.01. The van der Waals surface area contributed by atoms with Gasteiger partial charge in [0.15, 0.2) is 0 Å². The van der Waals surface area contributed by atoms with Gasteiger partial charge in [0.1, 0.15) is 12.0 Å². The van der Waals surface area contributed by atoms with Crippen molar-refractivity contribution in [1.82, 2.24) is 19.7 Å². The molecule has 0 aliphatic heterocycles. The number of hydrogen-bond acceptors (Lipinski definition) is 5. The van der Waals surface area contributed by atoms with E-state index in [0.29, 0.717) is 11.5 Å². The third-order valence-electron chi connectivity index (χ3n) is 4.00. The SMILES string of the molecule is Cn1cc([N+](=O)[O-])c(C(=O)Nc2cccc(-c3nc4ccccc4[nH]3)c2)n1. The first-order valence-electron chi connectivity index (χ1n) is 8.06. The van der Waals surface area contributed by atoms with Crippen molar-refractivity contribution in [1.29, 1.82) is 0 Å². The number of fused-ring (bicyclic) bond motifs is 1. The Balaban J connectivity index is 1.63. The molecule has 0 spiro atoms. The largest absolute Gasteiger partial charge is 0.338 e. The maximum absolute atomic E-state index is 12.4. The Bertz CT molecular complexity index is 1140. The van der Waals surface area contributed by atoms with Crippen molar-refractivity contribution in [3.8, 4) is 11.4 Å². The molecular formula is C18H14N6O3. The number of rotatable bonds is 4. The summed E-state index contributed by atoms with van der Waals surface area (Å²) < 4.78 is 1.23. The lowest BCUT2D eigenvalue weighted by molar-refractivity contribution is -0.385. The van der Waals surface area contributed by atoms with Crippen molar-refractivity contribution in [3.63, 3.8) is 0 Å². The molecule has 0 saturated heterocycles. The molecule has 0 radical (unpaired) electrons. The quantitative estimate of drug-likeness (QED) is 0.427. The van der Waals surface area contributed by atoms with Crippen LogP contribution in [0.5, 0.6) is 0 Å². The minimum Gasteiger partial charge on any atom is -0.338 e. The Labute approximate surface area is 152 Å². The minimum atomic E-state index is -0.649. The number of para-hydroxylation sites is 2. The van der Waals surface area contributed by atoms with Crippen molar-refractivity contribution in [2.45, 2.75) is 0 Å². The van der Waals surface area contributed by atoms with Crippen LogP contribution in [0.2, 0.25) is 0 Å². The molecule has 4 rings (SSSR count). The number of nitrogens with zero attached hydrogens (tertiary/aromatic N) is 4. The molecule has 0 unspecified atom stereocenters. The molecule has 0 aliphatic rings. The molecule has 0 aliphatic carbocycles. The highest BCUT2D eigenvalue weighted by atomic mass is 16.6. The van der Waals surface area contributed by atoms with E-state index in [1.807, 2.05) is 30.3 Å². The zero-order valence-corrected chi connectivity index (χ0v) is 14.2. The fourth-order valence-electron chi connectivity index (χ4n) is 2.80. The van der Waals surface area contributed by atoms with E-state index < -0.39 is 10.8 Å². The summed E-state index contributed by atoms with van der Waals surface area (Å²) in [5.41, 5.74) is 2.43. The molecule has 9 nitrogen and oxygen atoms in total. The van der Waals surface area contributed by atoms with Gasteiger partial charge in [0.2, 0.25) is 5.69 Å². The maximum atomic E-state index is 12.4. The molecule has 0 atom stereocenters. The van der Waals surface area contributed by atoms with Gasteiger partial charge >= 0.3 is 5.69 Å². The average molecular weight is 362 g/mol. The zero-order chi connectivity index (χ0) is 19.0. The van der Waals surface area contributed by atoms with Crippen LogP contribution in [0.1, 0.15) is 10.5 Å². The summed E-state index contributed by atoms with van der Waals surface area (Å²) in [6, 6.07) is 14.7. The lowest BCUT2D eigenvalue weighted by Crippen LogP contribution is -2.14. The van der Waals surface area contributed by atoms with Crippen molar-refractivity contribution >= 4 is 28.3 Å². The highest BCUT2D eigenvalue weighted by Crippen LogP contribution is 2.24. The van der Waals surface area contributed by atoms with E-state index in [4.69, 9.17) is 0 Å². The second-order valence-electron chi connectivity index (χ2n) is 5.93. The number of amides is 1. The maximum Gasteiger partial charge on any atom is 0.320 e. The van der Waals surface area contributed by atoms with Gasteiger partial charge in [0.05, 0.1) is 16.0 Å². The van der Waals surface area contributed by atoms with E-state index >= 15 is 0 Å². The van der Waals surface area contributed by atoms with Gasteiger partial charge in [-0.05, 0) is 24.3 Å². The summed E-state index contributed by atoms with van der Waals surface area (Å²) in [5.74, 6) is 0.0140. The molecule has 1 amide bonds. The van der Waals surface area contributed by atoms with E-state index in [2.05, 4.69) is 20.4 Å². The molecule has 2 aromatic heterocycles. The topological polar surface area (TPSA) is 119 Å². The molecule has 2 aromatic carbocycles. The predicted molar refractivity (Wildman–Crippen MR) is 99.3 cm³/mol. The molecule has 134 valence electrons. The number of hydrogen-bond donors (Lipinski definition) is 2. The van der Waals surface area contributed by atoms with Crippen LogP contribution >= 0.6 is 0 Å². The first-order chi connectivity index (χ1) is 13.0.